The predicted molar refractivity (Wildman–Crippen MR) is 59.3 cm³/mol. The van der Waals surface area contributed by atoms with Crippen LogP contribution < -0.4 is 5.32 Å². The molecule has 2 aromatic rings. The lowest BCUT2D eigenvalue weighted by Crippen LogP contribution is -1.96. The number of hydrogen-bond acceptors (Lipinski definition) is 5. The molecule has 13 heavy (non-hydrogen) atoms. The average Bonchev–Trinajstić information content (AvgIpc) is 2.71. The number of rotatable bonds is 3. The number of nitrogens with zero attached hydrogens (tertiary/aromatic N) is 2. The average molecular weight is 276 g/mol. The van der Waals surface area contributed by atoms with E-state index in [1.165, 1.54) is 16.9 Å². The molecule has 0 aromatic carbocycles. The molecular formula is C7H6BrN3S2. The number of hydrogen-bond donors (Lipinski definition) is 1. The highest BCUT2D eigenvalue weighted by molar-refractivity contribution is 9.11. The zero-order chi connectivity index (χ0) is 9.10. The molecule has 0 saturated carbocycles. The Kier molecular flexibility index (Phi) is 2.92. The quantitative estimate of drug-likeness (QED) is 0.936. The minimum Gasteiger partial charge on any atom is -0.356 e. The minimum absolute atomic E-state index is 0.806. The molecule has 0 spiro atoms. The van der Waals surface area contributed by atoms with E-state index in [9.17, 15) is 0 Å². The highest BCUT2D eigenvalue weighted by Gasteiger charge is 2.00. The molecule has 0 atom stereocenters. The van der Waals surface area contributed by atoms with Crippen LogP contribution in [0, 0.1) is 0 Å². The van der Waals surface area contributed by atoms with Crippen molar-refractivity contribution in [2.45, 2.75) is 6.54 Å². The monoisotopic (exact) mass is 275 g/mol. The van der Waals surface area contributed by atoms with E-state index in [1.807, 2.05) is 0 Å². The fourth-order valence-electron chi connectivity index (χ4n) is 0.848. The van der Waals surface area contributed by atoms with Crippen LogP contribution in [0.15, 0.2) is 20.7 Å². The van der Waals surface area contributed by atoms with Gasteiger partial charge in [-0.25, -0.2) is 0 Å². The van der Waals surface area contributed by atoms with Crippen molar-refractivity contribution < 1.29 is 0 Å². The van der Waals surface area contributed by atoms with Gasteiger partial charge in [-0.3, -0.25) is 0 Å². The molecule has 0 radical (unpaired) electrons. The number of thiophene rings is 1. The summed E-state index contributed by atoms with van der Waals surface area (Å²) in [6.45, 7) is 0.811. The lowest BCUT2D eigenvalue weighted by atomic mass is 10.3. The smallest absolute Gasteiger partial charge is 0.206 e. The Morgan fingerprint density at radius 3 is 3.00 bits per heavy atom. The highest BCUT2D eigenvalue weighted by atomic mass is 79.9. The second-order valence-corrected chi connectivity index (χ2v) is 5.38. The Labute approximate surface area is 92.0 Å². The molecule has 0 bridgehead atoms. The van der Waals surface area contributed by atoms with E-state index in [0.717, 1.165) is 15.6 Å². The first-order valence-electron chi connectivity index (χ1n) is 3.58. The van der Waals surface area contributed by atoms with Gasteiger partial charge >= 0.3 is 0 Å². The molecule has 3 nitrogen and oxygen atoms in total. The van der Waals surface area contributed by atoms with Crippen LogP contribution in [-0.4, -0.2) is 10.2 Å². The molecule has 0 unspecified atom stereocenters. The van der Waals surface area contributed by atoms with E-state index >= 15 is 0 Å². The third kappa shape index (κ3) is 2.49. The van der Waals surface area contributed by atoms with Gasteiger partial charge in [0.15, 0.2) is 3.92 Å². The molecule has 0 aliphatic heterocycles. The molecule has 1 N–H and O–H groups in total. The van der Waals surface area contributed by atoms with E-state index in [-0.39, 0.29) is 0 Å². The summed E-state index contributed by atoms with van der Waals surface area (Å²) in [4.78, 5) is 0. The molecule has 68 valence electrons. The van der Waals surface area contributed by atoms with Crippen molar-refractivity contribution in [1.29, 1.82) is 0 Å². The normalized spacial score (nSPS) is 10.2. The van der Waals surface area contributed by atoms with Gasteiger partial charge in [-0.05, 0) is 38.3 Å². The van der Waals surface area contributed by atoms with Gasteiger partial charge in [0.05, 0.1) is 0 Å². The summed E-state index contributed by atoms with van der Waals surface area (Å²) < 4.78 is 0.806. The van der Waals surface area contributed by atoms with Crippen LogP contribution in [0.5, 0.6) is 0 Å². The first kappa shape index (κ1) is 9.11. The largest absolute Gasteiger partial charge is 0.356 e. The summed E-state index contributed by atoms with van der Waals surface area (Å²) in [6.07, 6.45) is 0. The molecule has 0 amide bonds. The molecule has 0 aliphatic rings. The first-order chi connectivity index (χ1) is 6.34. The topological polar surface area (TPSA) is 37.8 Å². The Hall–Kier alpha value is -0.460. The maximum atomic E-state index is 3.93. The van der Waals surface area contributed by atoms with Crippen molar-refractivity contribution in [2.24, 2.45) is 0 Å². The summed E-state index contributed by atoms with van der Waals surface area (Å²) in [5, 5.41) is 16.0. The second kappa shape index (κ2) is 4.17. The molecule has 2 rings (SSSR count). The predicted octanol–water partition coefficient (Wildman–Crippen LogP) is 2.97. The summed E-state index contributed by atoms with van der Waals surface area (Å²) in [6, 6.07) is 2.09. The maximum Gasteiger partial charge on any atom is 0.206 e. The van der Waals surface area contributed by atoms with Crippen molar-refractivity contribution >= 4 is 43.7 Å². The van der Waals surface area contributed by atoms with Crippen LogP contribution in [-0.2, 0) is 6.54 Å². The van der Waals surface area contributed by atoms with Crippen molar-refractivity contribution in [3.63, 3.8) is 0 Å². The lowest BCUT2D eigenvalue weighted by Gasteiger charge is -1.97. The van der Waals surface area contributed by atoms with Crippen LogP contribution in [0.3, 0.4) is 0 Å². The summed E-state index contributed by atoms with van der Waals surface area (Å²) >= 11 is 6.45. The van der Waals surface area contributed by atoms with E-state index in [0.29, 0.717) is 0 Å². The van der Waals surface area contributed by atoms with Crippen LogP contribution in [0.4, 0.5) is 5.13 Å². The third-order valence-corrected chi connectivity index (χ3v) is 3.47. The second-order valence-electron chi connectivity index (χ2n) is 2.35. The van der Waals surface area contributed by atoms with Gasteiger partial charge in [0, 0.05) is 6.54 Å². The third-order valence-electron chi connectivity index (χ3n) is 1.42. The van der Waals surface area contributed by atoms with Gasteiger partial charge in [-0.15, -0.1) is 10.2 Å². The number of anilines is 1. The number of aromatic nitrogens is 2. The molecule has 6 heteroatoms. The van der Waals surface area contributed by atoms with Crippen LogP contribution in [0.2, 0.25) is 0 Å². The van der Waals surface area contributed by atoms with Gasteiger partial charge in [-0.1, -0.05) is 11.3 Å². The van der Waals surface area contributed by atoms with Crippen molar-refractivity contribution in [1.82, 2.24) is 10.2 Å². The molecule has 0 saturated heterocycles. The molecule has 0 fully saturated rings. The van der Waals surface area contributed by atoms with Gasteiger partial charge in [-0.2, -0.15) is 11.3 Å². The first-order valence-corrected chi connectivity index (χ1v) is 6.14. The summed E-state index contributed by atoms with van der Waals surface area (Å²) in [5.74, 6) is 0. The number of halogens is 1. The Morgan fingerprint density at radius 1 is 1.46 bits per heavy atom. The van der Waals surface area contributed by atoms with Crippen molar-refractivity contribution in [3.05, 3.63) is 26.3 Å². The fourth-order valence-corrected chi connectivity index (χ4v) is 2.52. The Bertz CT molecular complexity index is 371. The summed E-state index contributed by atoms with van der Waals surface area (Å²) in [5.41, 5.74) is 1.27. The van der Waals surface area contributed by atoms with Crippen molar-refractivity contribution in [3.8, 4) is 0 Å². The number of nitrogens with one attached hydrogen (secondary N) is 1. The van der Waals surface area contributed by atoms with E-state index in [1.54, 1.807) is 11.3 Å². The standard InChI is InChI=1S/C7H6BrN3S2/c8-6-10-11-7(13-6)9-3-5-1-2-12-4-5/h1-2,4H,3H2,(H,9,11). The maximum absolute atomic E-state index is 3.93. The van der Waals surface area contributed by atoms with E-state index in [4.69, 9.17) is 0 Å². The van der Waals surface area contributed by atoms with Crippen LogP contribution in [0.1, 0.15) is 5.56 Å². The van der Waals surface area contributed by atoms with Gasteiger partial charge in [0.1, 0.15) is 0 Å². The van der Waals surface area contributed by atoms with Gasteiger partial charge in [0.25, 0.3) is 0 Å². The fraction of sp³-hybridized carbons (Fsp3) is 0.143. The lowest BCUT2D eigenvalue weighted by molar-refractivity contribution is 1.04. The zero-order valence-corrected chi connectivity index (χ0v) is 9.75. The van der Waals surface area contributed by atoms with Gasteiger partial charge in [0.2, 0.25) is 5.13 Å². The Balaban J connectivity index is 1.93. The summed E-state index contributed by atoms with van der Waals surface area (Å²) in [7, 11) is 0. The highest BCUT2D eigenvalue weighted by Crippen LogP contribution is 2.20. The minimum atomic E-state index is 0.806. The van der Waals surface area contributed by atoms with E-state index < -0.39 is 0 Å². The molecule has 0 aliphatic carbocycles. The molecular weight excluding hydrogens is 270 g/mol. The van der Waals surface area contributed by atoms with Gasteiger partial charge < -0.3 is 5.32 Å². The Morgan fingerprint density at radius 2 is 2.38 bits per heavy atom. The van der Waals surface area contributed by atoms with Crippen LogP contribution >= 0.6 is 38.6 Å². The van der Waals surface area contributed by atoms with Crippen LogP contribution in [0.25, 0.3) is 0 Å². The SMILES string of the molecule is Brc1nnc(NCc2ccsc2)s1. The van der Waals surface area contributed by atoms with Crippen molar-refractivity contribution in [2.75, 3.05) is 5.32 Å². The zero-order valence-electron chi connectivity index (χ0n) is 6.53. The molecule has 2 aromatic heterocycles. The van der Waals surface area contributed by atoms with E-state index in [2.05, 4.69) is 48.3 Å². The molecule has 2 heterocycles.